The van der Waals surface area contributed by atoms with Gasteiger partial charge in [-0.15, -0.1) is 4.13 Å². The van der Waals surface area contributed by atoms with E-state index in [1.165, 1.54) is 0 Å². The van der Waals surface area contributed by atoms with E-state index in [2.05, 4.69) is 0 Å². The topological polar surface area (TPSA) is 97.4 Å². The summed E-state index contributed by atoms with van der Waals surface area (Å²) in [6, 6.07) is 0. The van der Waals surface area contributed by atoms with Crippen molar-refractivity contribution in [2.24, 2.45) is 17.8 Å². The first kappa shape index (κ1) is 18.7. The minimum absolute atomic E-state index is 0.174. The van der Waals surface area contributed by atoms with Crippen LogP contribution < -0.4 is 4.13 Å². The lowest BCUT2D eigenvalue weighted by Crippen LogP contribution is -2.50. The van der Waals surface area contributed by atoms with Crippen LogP contribution in [0.1, 0.15) is 44.9 Å². The van der Waals surface area contributed by atoms with Crippen LogP contribution in [0.4, 0.5) is 8.78 Å². The van der Waals surface area contributed by atoms with Crippen LogP contribution in [-0.4, -0.2) is 34.1 Å². The molecule has 2 saturated carbocycles. The zero-order valence-corrected chi connectivity index (χ0v) is 14.4. The molecule has 134 valence electrons. The largest absolute Gasteiger partial charge is 0.417 e. The summed E-state index contributed by atoms with van der Waals surface area (Å²) in [7, 11) is -10.0. The predicted octanol–water partition coefficient (Wildman–Crippen LogP) is 1.63. The number of carbonyl (C=O) groups excluding carboxylic acids is 1. The van der Waals surface area contributed by atoms with E-state index in [4.69, 9.17) is 0 Å². The van der Waals surface area contributed by atoms with Gasteiger partial charge in [-0.3, -0.25) is 4.79 Å². The lowest BCUT2D eigenvalue weighted by molar-refractivity contribution is -0.140. The molecule has 0 saturated heterocycles. The van der Waals surface area contributed by atoms with E-state index >= 15 is 0 Å². The highest BCUT2D eigenvalue weighted by molar-refractivity contribution is 8.05. The summed E-state index contributed by atoms with van der Waals surface area (Å²) in [5, 5.41) is -4.75. The van der Waals surface area contributed by atoms with E-state index in [0.717, 1.165) is 29.8 Å². The summed E-state index contributed by atoms with van der Waals surface area (Å²) in [5.41, 5.74) is 0. The van der Waals surface area contributed by atoms with Gasteiger partial charge in [-0.05, 0) is 31.1 Å². The van der Waals surface area contributed by atoms with Crippen molar-refractivity contribution in [2.75, 3.05) is 6.26 Å². The van der Waals surface area contributed by atoms with Crippen molar-refractivity contribution < 1.29 is 30.4 Å². The van der Waals surface area contributed by atoms with Crippen molar-refractivity contribution in [2.45, 2.75) is 50.2 Å². The first-order chi connectivity index (χ1) is 10.4. The summed E-state index contributed by atoms with van der Waals surface area (Å²) < 4.78 is 74.1. The molecule has 0 aromatic heterocycles. The summed E-state index contributed by atoms with van der Waals surface area (Å²) in [6.07, 6.45) is 5.55. The number of halogens is 2. The van der Waals surface area contributed by atoms with Crippen molar-refractivity contribution in [3.63, 3.8) is 0 Å². The van der Waals surface area contributed by atoms with Crippen molar-refractivity contribution in [1.82, 2.24) is 4.13 Å². The summed E-state index contributed by atoms with van der Waals surface area (Å²) in [6.45, 7) is 0. The van der Waals surface area contributed by atoms with Crippen molar-refractivity contribution in [1.29, 1.82) is 0 Å². The normalized spacial score (nSPS) is 29.8. The number of nitrogens with one attached hydrogen (secondary N) is 1. The van der Waals surface area contributed by atoms with Crippen LogP contribution in [0.25, 0.3) is 0 Å². The van der Waals surface area contributed by atoms with Gasteiger partial charge in [-0.1, -0.05) is 25.7 Å². The second-order valence-electron chi connectivity index (χ2n) is 6.55. The van der Waals surface area contributed by atoms with Gasteiger partial charge in [0.1, 0.15) is 0 Å². The number of alkyl halides is 2. The fraction of sp³-hybridized carbons (Fsp3) is 0.923. The number of hydrogen-bond acceptors (Lipinski definition) is 5. The van der Waals surface area contributed by atoms with Crippen LogP contribution in [0.2, 0.25) is 0 Å². The average Bonchev–Trinajstić information content (AvgIpc) is 2.43. The fourth-order valence-corrected chi connectivity index (χ4v) is 6.18. The summed E-state index contributed by atoms with van der Waals surface area (Å²) in [5.74, 6) is -2.14. The molecular weight excluding hydrogens is 352 g/mol. The highest BCUT2D eigenvalue weighted by Gasteiger charge is 2.56. The molecule has 1 N–H and O–H groups in total. The molecule has 0 aromatic carbocycles. The number of rotatable bonds is 5. The van der Waals surface area contributed by atoms with Crippen LogP contribution in [0.15, 0.2) is 0 Å². The molecule has 3 atom stereocenters. The average molecular weight is 373 g/mol. The number of hydrogen-bond donors (Lipinski definition) is 1. The van der Waals surface area contributed by atoms with Gasteiger partial charge in [-0.2, -0.15) is 8.78 Å². The second kappa shape index (κ2) is 6.36. The van der Waals surface area contributed by atoms with Crippen molar-refractivity contribution in [3.8, 4) is 0 Å². The Kier molecular flexibility index (Phi) is 5.18. The minimum atomic E-state index is -5.62. The number of carbonyl (C=O) groups is 1. The van der Waals surface area contributed by atoms with Crippen LogP contribution in [0.3, 0.4) is 0 Å². The van der Waals surface area contributed by atoms with Crippen molar-refractivity contribution in [3.05, 3.63) is 0 Å². The second-order valence-corrected chi connectivity index (χ2v) is 10.3. The Hall–Kier alpha value is -0.610. The first-order valence-electron chi connectivity index (χ1n) is 7.59. The summed E-state index contributed by atoms with van der Waals surface area (Å²) >= 11 is 0. The molecule has 0 bridgehead atoms. The maximum Gasteiger partial charge on any atom is 0.417 e. The van der Waals surface area contributed by atoms with Gasteiger partial charge < -0.3 is 0 Å². The molecule has 2 rings (SSSR count). The Bertz CT molecular complexity index is 674. The van der Waals surface area contributed by atoms with E-state index < -0.39 is 37.0 Å². The van der Waals surface area contributed by atoms with E-state index in [9.17, 15) is 30.4 Å². The first-order valence-corrected chi connectivity index (χ1v) is 11.0. The Labute approximate surface area is 135 Å². The molecule has 0 spiro atoms. The zero-order chi connectivity index (χ0) is 17.5. The Morgan fingerprint density at radius 2 is 1.57 bits per heavy atom. The van der Waals surface area contributed by atoms with Crippen LogP contribution in [-0.2, 0) is 24.8 Å². The monoisotopic (exact) mass is 373 g/mol. The smallest absolute Gasteiger partial charge is 0.291 e. The molecular formula is C13H21F2NO5S2. The van der Waals surface area contributed by atoms with Gasteiger partial charge in [0, 0.05) is 5.92 Å². The van der Waals surface area contributed by atoms with Gasteiger partial charge in [-0.25, -0.2) is 16.8 Å². The molecule has 0 amide bonds. The molecule has 0 aliphatic heterocycles. The standard InChI is InChI=1S/C13H21F2NO5S2/c1-22(18,19)16-23(20,21)13(14,15)12(17)11-7-6-9-4-2-3-5-10(9)8-11/h9-11,16H,2-8H2,1H3. The molecule has 10 heteroatoms. The van der Waals surface area contributed by atoms with Gasteiger partial charge in [0.15, 0.2) is 0 Å². The molecule has 3 unspecified atom stereocenters. The lowest BCUT2D eigenvalue weighted by Gasteiger charge is -2.39. The molecule has 2 aliphatic rings. The molecule has 0 radical (unpaired) electrons. The molecule has 6 nitrogen and oxygen atoms in total. The SMILES string of the molecule is CS(=O)(=O)NS(=O)(=O)C(F)(F)C(=O)C1CCC2CCCCC2C1. The van der Waals surface area contributed by atoms with E-state index in [1.54, 1.807) is 0 Å². The Morgan fingerprint density at radius 1 is 1.00 bits per heavy atom. The van der Waals surface area contributed by atoms with Crippen LogP contribution in [0, 0.1) is 17.8 Å². The molecule has 0 aromatic rings. The quantitative estimate of drug-likeness (QED) is 0.790. The molecule has 2 aliphatic carbocycles. The van der Waals surface area contributed by atoms with Gasteiger partial charge >= 0.3 is 5.25 Å². The lowest BCUT2D eigenvalue weighted by atomic mass is 9.67. The number of fused-ring (bicyclic) bond motifs is 1. The molecule has 23 heavy (non-hydrogen) atoms. The number of ketones is 1. The molecule has 0 heterocycles. The summed E-state index contributed by atoms with van der Waals surface area (Å²) in [4.78, 5) is 12.1. The van der Waals surface area contributed by atoms with E-state index in [0.29, 0.717) is 18.6 Å². The van der Waals surface area contributed by atoms with Crippen LogP contribution in [0.5, 0.6) is 0 Å². The number of Topliss-reactive ketones (excluding diaryl/α,β-unsaturated/α-hetero) is 1. The fourth-order valence-electron chi connectivity index (χ4n) is 3.73. The van der Waals surface area contributed by atoms with Crippen LogP contribution >= 0.6 is 0 Å². The predicted molar refractivity (Wildman–Crippen MR) is 79.6 cm³/mol. The highest BCUT2D eigenvalue weighted by Crippen LogP contribution is 2.44. The Morgan fingerprint density at radius 3 is 2.13 bits per heavy atom. The Balaban J connectivity index is 2.15. The number of sulfonamides is 2. The maximum absolute atomic E-state index is 14.1. The minimum Gasteiger partial charge on any atom is -0.291 e. The van der Waals surface area contributed by atoms with Gasteiger partial charge in [0.05, 0.1) is 6.26 Å². The van der Waals surface area contributed by atoms with Crippen molar-refractivity contribution >= 4 is 25.8 Å². The van der Waals surface area contributed by atoms with E-state index in [-0.39, 0.29) is 18.8 Å². The third-order valence-corrected chi connectivity index (χ3v) is 7.76. The third-order valence-electron chi connectivity index (χ3n) is 4.80. The van der Waals surface area contributed by atoms with Gasteiger partial charge in [0.25, 0.3) is 10.0 Å². The van der Waals surface area contributed by atoms with E-state index in [1.807, 2.05) is 0 Å². The molecule has 2 fully saturated rings. The third kappa shape index (κ3) is 4.08. The zero-order valence-electron chi connectivity index (χ0n) is 12.8. The van der Waals surface area contributed by atoms with Gasteiger partial charge in [0.2, 0.25) is 15.8 Å². The highest BCUT2D eigenvalue weighted by atomic mass is 32.3. The maximum atomic E-state index is 14.1.